The Morgan fingerprint density at radius 2 is 1.52 bits per heavy atom. The van der Waals surface area contributed by atoms with Gasteiger partial charge in [0.2, 0.25) is 0 Å². The Morgan fingerprint density at radius 3 is 1.90 bits per heavy atom. The lowest BCUT2D eigenvalue weighted by Crippen LogP contribution is -2.11. The van der Waals surface area contributed by atoms with Crippen LogP contribution in [0.3, 0.4) is 0 Å². The van der Waals surface area contributed by atoms with Crippen LogP contribution in [0.25, 0.3) is 0 Å². The van der Waals surface area contributed by atoms with Crippen molar-refractivity contribution >= 4 is 27.0 Å². The summed E-state index contributed by atoms with van der Waals surface area (Å²) in [5.41, 5.74) is -0.133. The zero-order chi connectivity index (χ0) is 16.6. The summed E-state index contributed by atoms with van der Waals surface area (Å²) < 4.78 is 72.6. The van der Waals surface area contributed by atoms with Crippen molar-refractivity contribution in [3.63, 3.8) is 0 Å². The SMILES string of the molecule is Cc1c(C=O)c(C)c(OS(=O)(=O)F)c(C)c1CS(=O)(=O)F. The van der Waals surface area contributed by atoms with Crippen molar-refractivity contribution in [2.75, 3.05) is 0 Å². The van der Waals surface area contributed by atoms with E-state index in [0.29, 0.717) is 6.29 Å². The van der Waals surface area contributed by atoms with E-state index in [9.17, 15) is 29.4 Å². The van der Waals surface area contributed by atoms with Crippen LogP contribution in [0.5, 0.6) is 5.75 Å². The lowest BCUT2D eigenvalue weighted by Gasteiger charge is -2.17. The Bertz CT molecular complexity index is 735. The maximum absolute atomic E-state index is 12.9. The smallest absolute Gasteiger partial charge is 0.358 e. The Hall–Kier alpha value is -1.55. The molecule has 0 aromatic heterocycles. The van der Waals surface area contributed by atoms with Crippen molar-refractivity contribution in [3.8, 4) is 5.75 Å². The number of benzene rings is 1. The molecule has 1 aromatic rings. The largest absolute Gasteiger partial charge is 0.488 e. The predicted octanol–water partition coefficient (Wildman–Crippen LogP) is 1.82. The molecule has 1 aromatic carbocycles. The quantitative estimate of drug-likeness (QED) is 0.598. The van der Waals surface area contributed by atoms with Crippen LogP contribution >= 0.6 is 0 Å². The van der Waals surface area contributed by atoms with E-state index in [1.54, 1.807) is 0 Å². The minimum absolute atomic E-state index is 0.0150. The molecule has 0 heterocycles. The molecule has 0 N–H and O–H groups in total. The number of rotatable bonds is 5. The van der Waals surface area contributed by atoms with E-state index < -0.39 is 32.2 Å². The van der Waals surface area contributed by atoms with E-state index in [-0.39, 0.29) is 27.8 Å². The molecule has 21 heavy (non-hydrogen) atoms. The number of carbonyl (C=O) groups is 1. The van der Waals surface area contributed by atoms with Crippen LogP contribution in [0.4, 0.5) is 7.77 Å². The molecule has 0 atom stereocenters. The summed E-state index contributed by atoms with van der Waals surface area (Å²) in [6.45, 7) is 3.92. The average Bonchev–Trinajstić information content (AvgIpc) is 2.29. The van der Waals surface area contributed by atoms with Crippen molar-refractivity contribution in [2.24, 2.45) is 0 Å². The normalized spacial score (nSPS) is 12.2. The van der Waals surface area contributed by atoms with Crippen LogP contribution in [-0.2, 0) is 26.5 Å². The Labute approximate surface area is 121 Å². The van der Waals surface area contributed by atoms with Gasteiger partial charge in [0.15, 0.2) is 12.0 Å². The third-order valence-electron chi connectivity index (χ3n) is 3.01. The van der Waals surface area contributed by atoms with E-state index in [0.717, 1.165) is 0 Å². The molecule has 10 heteroatoms. The summed E-state index contributed by atoms with van der Waals surface area (Å²) in [4.78, 5) is 11.1. The topological polar surface area (TPSA) is 94.6 Å². The molecule has 118 valence electrons. The first-order valence-electron chi connectivity index (χ1n) is 5.51. The molecule has 0 spiro atoms. The van der Waals surface area contributed by atoms with Crippen molar-refractivity contribution in [3.05, 3.63) is 27.8 Å². The number of hydrogen-bond acceptors (Lipinski definition) is 6. The third-order valence-corrected chi connectivity index (χ3v) is 4.01. The van der Waals surface area contributed by atoms with Gasteiger partial charge in [0, 0.05) is 11.1 Å². The van der Waals surface area contributed by atoms with Gasteiger partial charge >= 0.3 is 20.7 Å². The number of halogens is 2. The van der Waals surface area contributed by atoms with Gasteiger partial charge in [0.25, 0.3) is 0 Å². The fourth-order valence-electron chi connectivity index (χ4n) is 2.06. The van der Waals surface area contributed by atoms with E-state index in [4.69, 9.17) is 0 Å². The molecule has 6 nitrogen and oxygen atoms in total. The Morgan fingerprint density at radius 1 is 1.00 bits per heavy atom. The van der Waals surface area contributed by atoms with Crippen LogP contribution in [0.2, 0.25) is 0 Å². The zero-order valence-electron chi connectivity index (χ0n) is 11.3. The maximum Gasteiger partial charge on any atom is 0.488 e. The van der Waals surface area contributed by atoms with Gasteiger partial charge in [-0.3, -0.25) is 4.79 Å². The highest BCUT2D eigenvalue weighted by Crippen LogP contribution is 2.34. The van der Waals surface area contributed by atoms with Crippen LogP contribution in [0.15, 0.2) is 0 Å². The second-order valence-corrected chi connectivity index (χ2v) is 6.69. The van der Waals surface area contributed by atoms with Crippen molar-refractivity contribution in [1.82, 2.24) is 0 Å². The lowest BCUT2D eigenvalue weighted by atomic mass is 9.94. The molecule has 0 amide bonds. The van der Waals surface area contributed by atoms with Gasteiger partial charge in [0.1, 0.15) is 5.75 Å². The molecule has 0 aliphatic carbocycles. The van der Waals surface area contributed by atoms with Gasteiger partial charge in [-0.2, -0.15) is 16.8 Å². The minimum atomic E-state index is -5.38. The van der Waals surface area contributed by atoms with E-state index in [1.807, 2.05) is 0 Å². The van der Waals surface area contributed by atoms with Crippen molar-refractivity contribution < 1.29 is 33.6 Å². The molecule has 1 rings (SSSR count). The van der Waals surface area contributed by atoms with E-state index in [1.165, 1.54) is 20.8 Å². The molecule has 0 radical (unpaired) electrons. The predicted molar refractivity (Wildman–Crippen MR) is 70.4 cm³/mol. The fourth-order valence-corrected chi connectivity index (χ4v) is 3.28. The molecule has 0 saturated heterocycles. The highest BCUT2D eigenvalue weighted by atomic mass is 32.3. The molecule has 0 aliphatic heterocycles. The number of hydrogen-bond donors (Lipinski definition) is 0. The Kier molecular flexibility index (Phi) is 4.73. The van der Waals surface area contributed by atoms with E-state index >= 15 is 0 Å². The Balaban J connectivity index is 3.74. The van der Waals surface area contributed by atoms with Crippen LogP contribution in [0, 0.1) is 20.8 Å². The van der Waals surface area contributed by atoms with Crippen molar-refractivity contribution in [2.45, 2.75) is 26.5 Å². The summed E-state index contributed by atoms with van der Waals surface area (Å²) in [7, 11) is -10.3. The number of carbonyl (C=O) groups excluding carboxylic acids is 1. The standard InChI is InChI=1S/C11H12F2O6S2/c1-6-9(4-14)7(2)11(19-21(13,17)18)8(3)10(6)5-20(12,15)16/h4H,5H2,1-3H3. The monoisotopic (exact) mass is 342 g/mol. The fraction of sp³-hybridized carbons (Fsp3) is 0.364. The van der Waals surface area contributed by atoms with Gasteiger partial charge in [-0.05, 0) is 37.5 Å². The summed E-state index contributed by atoms with van der Waals surface area (Å²) in [5, 5.41) is 0. The molecule has 0 aliphatic rings. The molecular formula is C11H12F2O6S2. The minimum Gasteiger partial charge on any atom is -0.358 e. The van der Waals surface area contributed by atoms with Gasteiger partial charge in [0.05, 0.1) is 0 Å². The first-order valence-corrected chi connectivity index (χ1v) is 8.37. The second kappa shape index (κ2) is 5.68. The third kappa shape index (κ3) is 4.21. The second-order valence-electron chi connectivity index (χ2n) is 4.37. The summed E-state index contributed by atoms with van der Waals surface area (Å²) in [6, 6.07) is 0. The summed E-state index contributed by atoms with van der Waals surface area (Å²) in [6.07, 6.45) is 0.330. The van der Waals surface area contributed by atoms with Crippen LogP contribution < -0.4 is 4.18 Å². The first-order chi connectivity index (χ1) is 9.37. The highest BCUT2D eigenvalue weighted by Gasteiger charge is 2.24. The molecular weight excluding hydrogens is 330 g/mol. The maximum atomic E-state index is 12.9. The zero-order valence-corrected chi connectivity index (χ0v) is 12.9. The first kappa shape index (κ1) is 17.5. The summed E-state index contributed by atoms with van der Waals surface area (Å²) in [5.74, 6) is -1.60. The average molecular weight is 342 g/mol. The van der Waals surface area contributed by atoms with Gasteiger partial charge in [-0.25, -0.2) is 0 Å². The van der Waals surface area contributed by atoms with E-state index in [2.05, 4.69) is 4.18 Å². The molecule has 0 fully saturated rings. The van der Waals surface area contributed by atoms with Crippen LogP contribution in [0.1, 0.15) is 32.6 Å². The van der Waals surface area contributed by atoms with Gasteiger partial charge in [-0.15, -0.1) is 3.89 Å². The van der Waals surface area contributed by atoms with Gasteiger partial charge < -0.3 is 4.18 Å². The summed E-state index contributed by atoms with van der Waals surface area (Å²) >= 11 is 0. The molecule has 0 bridgehead atoms. The van der Waals surface area contributed by atoms with Crippen molar-refractivity contribution in [1.29, 1.82) is 0 Å². The molecule has 0 unspecified atom stereocenters. The number of aldehydes is 1. The lowest BCUT2D eigenvalue weighted by molar-refractivity contribution is 0.112. The van der Waals surface area contributed by atoms with Crippen LogP contribution in [-0.4, -0.2) is 23.1 Å². The van der Waals surface area contributed by atoms with Gasteiger partial charge in [-0.1, -0.05) is 3.89 Å². The highest BCUT2D eigenvalue weighted by molar-refractivity contribution is 7.85. The molecule has 0 saturated carbocycles.